The average Bonchev–Trinajstić information content (AvgIpc) is 3.09. The minimum atomic E-state index is -0.0361. The molecule has 0 spiro atoms. The number of carbonyl (C=O) groups excluding carboxylic acids is 1. The van der Waals surface area contributed by atoms with Gasteiger partial charge in [-0.05, 0) is 29.1 Å². The van der Waals surface area contributed by atoms with Crippen molar-refractivity contribution in [3.63, 3.8) is 0 Å². The van der Waals surface area contributed by atoms with Crippen LogP contribution in [0.15, 0.2) is 78.2 Å². The van der Waals surface area contributed by atoms with Gasteiger partial charge in [-0.1, -0.05) is 54.6 Å². The van der Waals surface area contributed by atoms with Crippen molar-refractivity contribution in [2.75, 3.05) is 0 Å². The topological polar surface area (TPSA) is 29.1 Å². The van der Waals surface area contributed by atoms with Gasteiger partial charge in [0.2, 0.25) is 0 Å². The number of rotatable bonds is 5. The van der Waals surface area contributed by atoms with Crippen molar-refractivity contribution in [2.24, 2.45) is 0 Å². The van der Waals surface area contributed by atoms with Gasteiger partial charge in [-0.15, -0.1) is 11.3 Å². The predicted octanol–water partition coefficient (Wildman–Crippen LogP) is 4.46. The minimum Gasteiger partial charge on any atom is -0.345 e. The molecule has 0 bridgehead atoms. The Morgan fingerprint density at radius 3 is 2.23 bits per heavy atom. The number of nitrogens with one attached hydrogen (secondary N) is 1. The maximum atomic E-state index is 12.4. The second-order valence-corrected chi connectivity index (χ2v) is 6.12. The van der Waals surface area contributed by atoms with E-state index in [1.54, 1.807) is 11.3 Å². The molecule has 2 aromatic carbocycles. The van der Waals surface area contributed by atoms with Gasteiger partial charge in [0.15, 0.2) is 0 Å². The van der Waals surface area contributed by atoms with E-state index in [1.165, 1.54) is 4.88 Å². The van der Waals surface area contributed by atoms with Crippen molar-refractivity contribution < 1.29 is 4.79 Å². The molecule has 0 fully saturated rings. The van der Waals surface area contributed by atoms with E-state index >= 15 is 0 Å². The van der Waals surface area contributed by atoms with Gasteiger partial charge < -0.3 is 5.32 Å². The number of amides is 1. The normalized spacial score (nSPS) is 11.8. The second kappa shape index (κ2) is 7.05. The van der Waals surface area contributed by atoms with Gasteiger partial charge in [0.25, 0.3) is 5.91 Å². The number of benzene rings is 2. The molecule has 0 aliphatic carbocycles. The molecule has 0 aliphatic rings. The largest absolute Gasteiger partial charge is 0.345 e. The first kappa shape index (κ1) is 14.5. The van der Waals surface area contributed by atoms with Gasteiger partial charge in [-0.2, -0.15) is 0 Å². The third-order valence-electron chi connectivity index (χ3n) is 3.53. The van der Waals surface area contributed by atoms with Crippen molar-refractivity contribution in [3.8, 4) is 0 Å². The van der Waals surface area contributed by atoms with Crippen LogP contribution in [0.4, 0.5) is 0 Å². The maximum absolute atomic E-state index is 12.4. The first-order chi connectivity index (χ1) is 10.8. The lowest BCUT2D eigenvalue weighted by atomic mass is 10.0. The van der Waals surface area contributed by atoms with Gasteiger partial charge in [0, 0.05) is 16.9 Å². The smallest absolute Gasteiger partial charge is 0.251 e. The fraction of sp³-hybridized carbons (Fsp3) is 0.105. The SMILES string of the molecule is O=C(NC(Cc1cccs1)c1ccccc1)c1ccccc1. The molecule has 3 rings (SSSR count). The summed E-state index contributed by atoms with van der Waals surface area (Å²) >= 11 is 1.72. The Kier molecular flexibility index (Phi) is 4.66. The summed E-state index contributed by atoms with van der Waals surface area (Å²) in [5, 5.41) is 5.22. The summed E-state index contributed by atoms with van der Waals surface area (Å²) in [4.78, 5) is 13.7. The summed E-state index contributed by atoms with van der Waals surface area (Å²) in [5.74, 6) is -0.0361. The van der Waals surface area contributed by atoms with Crippen molar-refractivity contribution in [3.05, 3.63) is 94.2 Å². The summed E-state index contributed by atoms with van der Waals surface area (Å²) in [5.41, 5.74) is 1.81. The van der Waals surface area contributed by atoms with Crippen LogP contribution in [0, 0.1) is 0 Å². The molecule has 3 heteroatoms. The lowest BCUT2D eigenvalue weighted by Crippen LogP contribution is -2.29. The molecule has 1 heterocycles. The summed E-state index contributed by atoms with van der Waals surface area (Å²) in [6.07, 6.45) is 0.806. The lowest BCUT2D eigenvalue weighted by molar-refractivity contribution is 0.0936. The molecule has 2 nitrogen and oxygen atoms in total. The molecular formula is C19H17NOS. The molecule has 1 N–H and O–H groups in total. The fourth-order valence-electron chi connectivity index (χ4n) is 2.40. The van der Waals surface area contributed by atoms with Gasteiger partial charge >= 0.3 is 0 Å². The molecule has 1 atom stereocenters. The first-order valence-corrected chi connectivity index (χ1v) is 8.14. The summed E-state index contributed by atoms with van der Waals surface area (Å²) in [6, 6.07) is 23.6. The van der Waals surface area contributed by atoms with Crippen LogP contribution in [-0.2, 0) is 6.42 Å². The highest BCUT2D eigenvalue weighted by Crippen LogP contribution is 2.21. The molecule has 0 saturated carbocycles. The fourth-order valence-corrected chi connectivity index (χ4v) is 3.15. The zero-order valence-corrected chi connectivity index (χ0v) is 12.9. The van der Waals surface area contributed by atoms with Crippen LogP contribution in [0.5, 0.6) is 0 Å². The zero-order chi connectivity index (χ0) is 15.2. The van der Waals surface area contributed by atoms with Crippen molar-refractivity contribution >= 4 is 17.2 Å². The Bertz CT molecular complexity index is 708. The summed E-state index contributed by atoms with van der Waals surface area (Å²) in [6.45, 7) is 0. The number of hydrogen-bond acceptors (Lipinski definition) is 2. The minimum absolute atomic E-state index is 0.0208. The molecule has 1 amide bonds. The number of thiophene rings is 1. The van der Waals surface area contributed by atoms with E-state index in [-0.39, 0.29) is 11.9 Å². The predicted molar refractivity (Wildman–Crippen MR) is 91.1 cm³/mol. The standard InChI is InChI=1S/C19H17NOS/c21-19(16-10-5-2-6-11-16)20-18(14-17-12-7-13-22-17)15-8-3-1-4-9-15/h1-13,18H,14H2,(H,20,21). The van der Waals surface area contributed by atoms with Gasteiger partial charge in [0.05, 0.1) is 6.04 Å². The highest BCUT2D eigenvalue weighted by molar-refractivity contribution is 7.09. The molecule has 1 aromatic heterocycles. The zero-order valence-electron chi connectivity index (χ0n) is 12.1. The monoisotopic (exact) mass is 307 g/mol. The molecular weight excluding hydrogens is 290 g/mol. The highest BCUT2D eigenvalue weighted by Gasteiger charge is 2.16. The third-order valence-corrected chi connectivity index (χ3v) is 4.43. The molecule has 0 radical (unpaired) electrons. The van der Waals surface area contributed by atoms with E-state index in [1.807, 2.05) is 54.6 Å². The van der Waals surface area contributed by atoms with Gasteiger partial charge in [-0.3, -0.25) is 4.79 Å². The average molecular weight is 307 g/mol. The Hall–Kier alpha value is -2.39. The Morgan fingerprint density at radius 1 is 0.909 bits per heavy atom. The van der Waals surface area contributed by atoms with Crippen molar-refractivity contribution in [1.82, 2.24) is 5.32 Å². The molecule has 0 saturated heterocycles. The van der Waals surface area contributed by atoms with E-state index in [4.69, 9.17) is 0 Å². The molecule has 0 aliphatic heterocycles. The third kappa shape index (κ3) is 3.62. The molecule has 1 unspecified atom stereocenters. The maximum Gasteiger partial charge on any atom is 0.251 e. The Morgan fingerprint density at radius 2 is 1.59 bits per heavy atom. The van der Waals surface area contributed by atoms with Crippen LogP contribution < -0.4 is 5.32 Å². The number of hydrogen-bond donors (Lipinski definition) is 1. The molecule has 3 aromatic rings. The van der Waals surface area contributed by atoms with E-state index in [0.717, 1.165) is 12.0 Å². The van der Waals surface area contributed by atoms with Crippen LogP contribution in [0.3, 0.4) is 0 Å². The van der Waals surface area contributed by atoms with Gasteiger partial charge in [0.1, 0.15) is 0 Å². The summed E-state index contributed by atoms with van der Waals surface area (Å²) < 4.78 is 0. The Labute approximate surface area is 134 Å². The second-order valence-electron chi connectivity index (χ2n) is 5.09. The first-order valence-electron chi connectivity index (χ1n) is 7.26. The highest BCUT2D eigenvalue weighted by atomic mass is 32.1. The van der Waals surface area contributed by atoms with E-state index in [0.29, 0.717) is 5.56 Å². The van der Waals surface area contributed by atoms with E-state index in [9.17, 15) is 4.79 Å². The Balaban J connectivity index is 1.81. The van der Waals surface area contributed by atoms with E-state index < -0.39 is 0 Å². The van der Waals surface area contributed by atoms with Crippen molar-refractivity contribution in [1.29, 1.82) is 0 Å². The molecule has 22 heavy (non-hydrogen) atoms. The van der Waals surface area contributed by atoms with Crippen molar-refractivity contribution in [2.45, 2.75) is 12.5 Å². The van der Waals surface area contributed by atoms with Crippen LogP contribution in [0.25, 0.3) is 0 Å². The lowest BCUT2D eigenvalue weighted by Gasteiger charge is -2.19. The van der Waals surface area contributed by atoms with Crippen LogP contribution >= 0.6 is 11.3 Å². The quantitative estimate of drug-likeness (QED) is 0.740. The van der Waals surface area contributed by atoms with Gasteiger partial charge in [-0.25, -0.2) is 0 Å². The van der Waals surface area contributed by atoms with Crippen LogP contribution in [0.2, 0.25) is 0 Å². The van der Waals surface area contributed by atoms with Crippen LogP contribution in [-0.4, -0.2) is 5.91 Å². The van der Waals surface area contributed by atoms with Crippen LogP contribution in [0.1, 0.15) is 26.8 Å². The summed E-state index contributed by atoms with van der Waals surface area (Å²) in [7, 11) is 0. The molecule has 110 valence electrons. The number of carbonyl (C=O) groups is 1. The van der Waals surface area contributed by atoms with E-state index in [2.05, 4.69) is 28.9 Å².